The molecule has 2 aromatic rings. The second-order valence-electron chi connectivity index (χ2n) is 4.58. The molecule has 0 bridgehead atoms. The number of hydrogen-bond acceptors (Lipinski definition) is 2. The van der Waals surface area contributed by atoms with E-state index in [4.69, 9.17) is 5.73 Å². The molecule has 0 saturated heterocycles. The van der Waals surface area contributed by atoms with Gasteiger partial charge in [0.05, 0.1) is 12.2 Å². The first-order chi connectivity index (χ1) is 9.02. The molecule has 0 amide bonds. The molecule has 19 heavy (non-hydrogen) atoms. The van der Waals surface area contributed by atoms with Gasteiger partial charge < -0.3 is 5.73 Å². The van der Waals surface area contributed by atoms with Crippen LogP contribution in [0.25, 0.3) is 0 Å². The lowest BCUT2D eigenvalue weighted by Crippen LogP contribution is -2.07. The Hall–Kier alpha value is -1.20. The van der Waals surface area contributed by atoms with Crippen molar-refractivity contribution in [3.05, 3.63) is 51.0 Å². The van der Waals surface area contributed by atoms with E-state index < -0.39 is 0 Å². The molecule has 1 aromatic heterocycles. The van der Waals surface area contributed by atoms with Crippen molar-refractivity contribution in [3.8, 4) is 0 Å². The highest BCUT2D eigenvalue weighted by molar-refractivity contribution is 9.10. The first kappa shape index (κ1) is 14.2. The van der Waals surface area contributed by atoms with E-state index in [2.05, 4.69) is 21.0 Å². The van der Waals surface area contributed by atoms with Crippen LogP contribution in [0.5, 0.6) is 0 Å². The first-order valence-corrected chi connectivity index (χ1v) is 6.99. The number of nitrogens with two attached hydrogens (primary N) is 1. The zero-order chi connectivity index (χ0) is 14.0. The summed E-state index contributed by atoms with van der Waals surface area (Å²) in [6.07, 6.45) is 0.804. The van der Waals surface area contributed by atoms with Crippen molar-refractivity contribution in [2.75, 3.05) is 6.54 Å². The summed E-state index contributed by atoms with van der Waals surface area (Å²) in [6.45, 7) is 4.99. The molecule has 0 atom stereocenters. The van der Waals surface area contributed by atoms with E-state index >= 15 is 0 Å². The maximum absolute atomic E-state index is 13.8. The van der Waals surface area contributed by atoms with Crippen molar-refractivity contribution >= 4 is 15.9 Å². The van der Waals surface area contributed by atoms with Gasteiger partial charge in [0.1, 0.15) is 5.82 Å². The van der Waals surface area contributed by atoms with Gasteiger partial charge >= 0.3 is 0 Å². The van der Waals surface area contributed by atoms with E-state index in [0.29, 0.717) is 18.7 Å². The van der Waals surface area contributed by atoms with Gasteiger partial charge in [-0.25, -0.2) is 4.39 Å². The van der Waals surface area contributed by atoms with Crippen molar-refractivity contribution in [1.29, 1.82) is 0 Å². The van der Waals surface area contributed by atoms with Crippen LogP contribution < -0.4 is 5.73 Å². The van der Waals surface area contributed by atoms with Crippen LogP contribution in [0.2, 0.25) is 0 Å². The fourth-order valence-corrected chi connectivity index (χ4v) is 2.63. The molecule has 3 nitrogen and oxygen atoms in total. The number of rotatable bonds is 4. The summed E-state index contributed by atoms with van der Waals surface area (Å²) in [6, 6.07) is 4.94. The summed E-state index contributed by atoms with van der Waals surface area (Å²) in [4.78, 5) is 0. The van der Waals surface area contributed by atoms with Gasteiger partial charge in [0, 0.05) is 15.7 Å². The van der Waals surface area contributed by atoms with E-state index in [1.54, 1.807) is 12.1 Å². The molecule has 0 saturated carbocycles. The number of nitrogens with zero attached hydrogens (tertiary/aromatic N) is 2. The van der Waals surface area contributed by atoms with E-state index in [-0.39, 0.29) is 5.82 Å². The van der Waals surface area contributed by atoms with Crippen LogP contribution in [0.15, 0.2) is 22.7 Å². The minimum Gasteiger partial charge on any atom is -0.330 e. The van der Waals surface area contributed by atoms with E-state index in [0.717, 1.165) is 27.8 Å². The largest absolute Gasteiger partial charge is 0.330 e. The van der Waals surface area contributed by atoms with E-state index in [1.807, 2.05) is 18.5 Å². The molecule has 0 aliphatic heterocycles. The number of halogens is 2. The quantitative estimate of drug-likeness (QED) is 0.939. The third-order valence-electron chi connectivity index (χ3n) is 3.25. The van der Waals surface area contributed by atoms with Gasteiger partial charge in [-0.1, -0.05) is 15.9 Å². The predicted molar refractivity (Wildman–Crippen MR) is 77.7 cm³/mol. The molecule has 0 aliphatic rings. The zero-order valence-electron chi connectivity index (χ0n) is 11.1. The summed E-state index contributed by atoms with van der Waals surface area (Å²) < 4.78 is 16.5. The summed E-state index contributed by atoms with van der Waals surface area (Å²) in [7, 11) is 0. The minimum atomic E-state index is -0.212. The molecule has 0 spiro atoms. The van der Waals surface area contributed by atoms with Crippen LogP contribution in [0.4, 0.5) is 4.39 Å². The van der Waals surface area contributed by atoms with Gasteiger partial charge in [-0.15, -0.1) is 0 Å². The Morgan fingerprint density at radius 1 is 1.37 bits per heavy atom. The Labute approximate surface area is 120 Å². The highest BCUT2D eigenvalue weighted by Crippen LogP contribution is 2.19. The van der Waals surface area contributed by atoms with Gasteiger partial charge in [0.2, 0.25) is 0 Å². The fourth-order valence-electron chi connectivity index (χ4n) is 2.22. The molecule has 1 heterocycles. The van der Waals surface area contributed by atoms with Gasteiger partial charge in [0.15, 0.2) is 0 Å². The average Bonchev–Trinajstić information content (AvgIpc) is 2.62. The Morgan fingerprint density at radius 2 is 2.11 bits per heavy atom. The molecule has 0 aliphatic carbocycles. The molecule has 0 radical (unpaired) electrons. The normalized spacial score (nSPS) is 11.0. The standard InChI is InChI=1S/C14H17BrFN3/c1-9-13(5-6-17)10(2)19(18-9)8-11-7-12(15)3-4-14(11)16/h3-4,7H,5-6,8,17H2,1-2H3. The lowest BCUT2D eigenvalue weighted by molar-refractivity contribution is 0.578. The second kappa shape index (κ2) is 5.84. The van der Waals surface area contributed by atoms with E-state index in [9.17, 15) is 4.39 Å². The van der Waals surface area contributed by atoms with Crippen molar-refractivity contribution < 1.29 is 4.39 Å². The maximum Gasteiger partial charge on any atom is 0.128 e. The minimum absolute atomic E-state index is 0.212. The van der Waals surface area contributed by atoms with Crippen LogP contribution in [0.1, 0.15) is 22.5 Å². The van der Waals surface area contributed by atoms with Crippen LogP contribution in [-0.2, 0) is 13.0 Å². The number of aromatic nitrogens is 2. The first-order valence-electron chi connectivity index (χ1n) is 6.19. The Balaban J connectivity index is 2.33. The Morgan fingerprint density at radius 3 is 2.79 bits per heavy atom. The summed E-state index contributed by atoms with van der Waals surface area (Å²) >= 11 is 3.36. The third-order valence-corrected chi connectivity index (χ3v) is 3.75. The molecule has 102 valence electrons. The van der Waals surface area contributed by atoms with Crippen molar-refractivity contribution in [1.82, 2.24) is 9.78 Å². The predicted octanol–water partition coefficient (Wildman–Crippen LogP) is 2.95. The number of hydrogen-bond donors (Lipinski definition) is 1. The van der Waals surface area contributed by atoms with Crippen LogP contribution >= 0.6 is 15.9 Å². The molecule has 5 heteroatoms. The lowest BCUT2D eigenvalue weighted by atomic mass is 10.1. The van der Waals surface area contributed by atoms with Gasteiger partial charge in [0.25, 0.3) is 0 Å². The molecular weight excluding hydrogens is 309 g/mol. The number of aryl methyl sites for hydroxylation is 1. The lowest BCUT2D eigenvalue weighted by Gasteiger charge is -2.07. The fraction of sp³-hybridized carbons (Fsp3) is 0.357. The van der Waals surface area contributed by atoms with Crippen molar-refractivity contribution in [2.45, 2.75) is 26.8 Å². The second-order valence-corrected chi connectivity index (χ2v) is 5.50. The zero-order valence-corrected chi connectivity index (χ0v) is 12.7. The van der Waals surface area contributed by atoms with Gasteiger partial charge in [-0.2, -0.15) is 5.10 Å². The average molecular weight is 326 g/mol. The molecule has 1 aromatic carbocycles. The van der Waals surface area contributed by atoms with Crippen LogP contribution in [0, 0.1) is 19.7 Å². The Bertz CT molecular complexity index is 593. The monoisotopic (exact) mass is 325 g/mol. The Kier molecular flexibility index (Phi) is 4.37. The van der Waals surface area contributed by atoms with Gasteiger partial charge in [-0.05, 0) is 50.6 Å². The number of benzene rings is 1. The third kappa shape index (κ3) is 3.04. The smallest absolute Gasteiger partial charge is 0.128 e. The summed E-state index contributed by atoms with van der Waals surface area (Å²) in [5.41, 5.74) is 9.42. The van der Waals surface area contributed by atoms with Crippen molar-refractivity contribution in [3.63, 3.8) is 0 Å². The van der Waals surface area contributed by atoms with Gasteiger partial charge in [-0.3, -0.25) is 4.68 Å². The highest BCUT2D eigenvalue weighted by Gasteiger charge is 2.12. The molecular formula is C14H17BrFN3. The van der Waals surface area contributed by atoms with E-state index in [1.165, 1.54) is 6.07 Å². The molecule has 2 rings (SSSR count). The maximum atomic E-state index is 13.8. The van der Waals surface area contributed by atoms with Crippen molar-refractivity contribution in [2.24, 2.45) is 5.73 Å². The summed E-state index contributed by atoms with van der Waals surface area (Å²) in [5.74, 6) is -0.212. The molecule has 0 unspecified atom stereocenters. The molecule has 0 fully saturated rings. The summed E-state index contributed by atoms with van der Waals surface area (Å²) in [5, 5.41) is 4.47. The highest BCUT2D eigenvalue weighted by atomic mass is 79.9. The van der Waals surface area contributed by atoms with Crippen LogP contribution in [0.3, 0.4) is 0 Å². The molecule has 2 N–H and O–H groups in total. The topological polar surface area (TPSA) is 43.8 Å². The SMILES string of the molecule is Cc1nn(Cc2cc(Br)ccc2F)c(C)c1CCN. The van der Waals surface area contributed by atoms with Crippen LogP contribution in [-0.4, -0.2) is 16.3 Å².